The normalized spacial score (nSPS) is 16.6. The van der Waals surface area contributed by atoms with Crippen molar-refractivity contribution in [1.82, 2.24) is 15.1 Å². The number of nitriles is 1. The van der Waals surface area contributed by atoms with Gasteiger partial charge in [-0.1, -0.05) is 12.1 Å². The summed E-state index contributed by atoms with van der Waals surface area (Å²) in [5.74, 6) is -0.169. The largest absolute Gasteiger partial charge is 0.325 e. The zero-order chi connectivity index (χ0) is 17.0. The first-order valence-electron chi connectivity index (χ1n) is 7.65. The Balaban J connectivity index is 1.79. The van der Waals surface area contributed by atoms with Gasteiger partial charge in [0.2, 0.25) is 0 Å². The second-order valence-corrected chi connectivity index (χ2v) is 6.41. The van der Waals surface area contributed by atoms with E-state index in [1.165, 1.54) is 4.90 Å². The summed E-state index contributed by atoms with van der Waals surface area (Å²) in [6, 6.07) is 9.28. The van der Waals surface area contributed by atoms with Crippen LogP contribution in [-0.2, 0) is 11.3 Å². The quantitative estimate of drug-likeness (QED) is 0.811. The summed E-state index contributed by atoms with van der Waals surface area (Å²) in [5.41, 5.74) is 0.978. The molecule has 1 aromatic rings. The summed E-state index contributed by atoms with van der Waals surface area (Å²) in [7, 11) is 1.99. The van der Waals surface area contributed by atoms with Crippen molar-refractivity contribution in [2.75, 3.05) is 20.1 Å². The van der Waals surface area contributed by atoms with Crippen molar-refractivity contribution in [3.05, 3.63) is 35.4 Å². The Kier molecular flexibility index (Phi) is 5.02. The van der Waals surface area contributed by atoms with Gasteiger partial charge in [-0.3, -0.25) is 9.69 Å². The van der Waals surface area contributed by atoms with Crippen LogP contribution >= 0.6 is 0 Å². The molecule has 23 heavy (non-hydrogen) atoms. The highest BCUT2D eigenvalue weighted by Crippen LogP contribution is 2.16. The molecule has 0 bridgehead atoms. The van der Waals surface area contributed by atoms with Crippen molar-refractivity contribution in [2.45, 2.75) is 32.4 Å². The highest BCUT2D eigenvalue weighted by Gasteiger charge is 2.43. The van der Waals surface area contributed by atoms with Crippen molar-refractivity contribution in [1.29, 1.82) is 5.26 Å². The number of amides is 3. The van der Waals surface area contributed by atoms with Gasteiger partial charge in [0.1, 0.15) is 5.54 Å². The minimum atomic E-state index is -0.800. The Hall–Kier alpha value is -2.39. The zero-order valence-corrected chi connectivity index (χ0v) is 13.8. The molecule has 3 amide bonds. The standard InChI is InChI=1S/C17H22N4O2/c1-17(2)15(22)21(16(23)19-17)10-4-9-20(3)12-14-7-5-13(11-18)6-8-14/h5-8H,4,9-10,12H2,1-3H3,(H,19,23). The molecule has 122 valence electrons. The molecule has 0 spiro atoms. The maximum absolute atomic E-state index is 12.1. The number of nitrogens with one attached hydrogen (secondary N) is 1. The van der Waals surface area contributed by atoms with Crippen LogP contribution in [0.4, 0.5) is 4.79 Å². The van der Waals surface area contributed by atoms with Gasteiger partial charge in [0, 0.05) is 13.1 Å². The molecular weight excluding hydrogens is 292 g/mol. The molecule has 1 aliphatic rings. The molecule has 1 aromatic carbocycles. The van der Waals surface area contributed by atoms with Gasteiger partial charge >= 0.3 is 6.03 Å². The summed E-state index contributed by atoms with van der Waals surface area (Å²) in [6.07, 6.45) is 0.724. The molecular formula is C17H22N4O2. The number of nitrogens with zero attached hydrogens (tertiary/aromatic N) is 3. The molecule has 6 heteroatoms. The van der Waals surface area contributed by atoms with Crippen molar-refractivity contribution >= 4 is 11.9 Å². The van der Waals surface area contributed by atoms with Crippen LogP contribution in [0.25, 0.3) is 0 Å². The molecule has 0 atom stereocenters. The SMILES string of the molecule is CN(CCCN1C(=O)NC(C)(C)C1=O)Cc1ccc(C#N)cc1. The van der Waals surface area contributed by atoms with Gasteiger partial charge in [-0.2, -0.15) is 5.26 Å². The van der Waals surface area contributed by atoms with Crippen LogP contribution in [0.5, 0.6) is 0 Å². The zero-order valence-electron chi connectivity index (χ0n) is 13.8. The smallest absolute Gasteiger partial charge is 0.324 e. The van der Waals surface area contributed by atoms with Crippen LogP contribution < -0.4 is 5.32 Å². The number of carbonyl (C=O) groups excluding carboxylic acids is 2. The molecule has 1 N–H and O–H groups in total. The molecule has 0 unspecified atom stereocenters. The van der Waals surface area contributed by atoms with Crippen LogP contribution in [0.15, 0.2) is 24.3 Å². The number of benzene rings is 1. The van der Waals surface area contributed by atoms with E-state index in [0.29, 0.717) is 12.1 Å². The lowest BCUT2D eigenvalue weighted by atomic mass is 10.1. The summed E-state index contributed by atoms with van der Waals surface area (Å²) in [5, 5.41) is 11.5. The molecule has 1 fully saturated rings. The molecule has 0 radical (unpaired) electrons. The van der Waals surface area contributed by atoms with Crippen molar-refractivity contribution in [2.24, 2.45) is 0 Å². The van der Waals surface area contributed by atoms with Gasteiger partial charge in [0.05, 0.1) is 11.6 Å². The number of urea groups is 1. The number of hydrogen-bond acceptors (Lipinski definition) is 4. The highest BCUT2D eigenvalue weighted by atomic mass is 16.2. The van der Waals surface area contributed by atoms with Gasteiger partial charge < -0.3 is 10.2 Å². The first-order chi connectivity index (χ1) is 10.8. The fourth-order valence-electron chi connectivity index (χ4n) is 2.60. The van der Waals surface area contributed by atoms with Crippen LogP contribution in [0.1, 0.15) is 31.4 Å². The monoisotopic (exact) mass is 314 g/mol. The minimum Gasteiger partial charge on any atom is -0.324 e. The lowest BCUT2D eigenvalue weighted by Crippen LogP contribution is -2.40. The Bertz CT molecular complexity index is 631. The number of rotatable bonds is 6. The van der Waals surface area contributed by atoms with Gasteiger partial charge in [0.15, 0.2) is 0 Å². The van der Waals surface area contributed by atoms with E-state index in [1.807, 2.05) is 19.2 Å². The lowest BCUT2D eigenvalue weighted by molar-refractivity contribution is -0.130. The molecule has 6 nitrogen and oxygen atoms in total. The lowest BCUT2D eigenvalue weighted by Gasteiger charge is -2.19. The maximum Gasteiger partial charge on any atom is 0.325 e. The van der Waals surface area contributed by atoms with Crippen LogP contribution in [0.2, 0.25) is 0 Å². The Morgan fingerprint density at radius 2 is 1.91 bits per heavy atom. The van der Waals surface area contributed by atoms with Gasteiger partial charge in [-0.05, 0) is 51.6 Å². The Morgan fingerprint density at radius 1 is 1.26 bits per heavy atom. The van der Waals surface area contributed by atoms with Gasteiger partial charge in [-0.25, -0.2) is 4.79 Å². The van der Waals surface area contributed by atoms with E-state index in [-0.39, 0.29) is 11.9 Å². The van der Waals surface area contributed by atoms with E-state index < -0.39 is 5.54 Å². The second kappa shape index (κ2) is 6.80. The molecule has 1 heterocycles. The van der Waals surface area contributed by atoms with E-state index in [4.69, 9.17) is 5.26 Å². The second-order valence-electron chi connectivity index (χ2n) is 6.41. The number of imide groups is 1. The summed E-state index contributed by atoms with van der Waals surface area (Å²) in [6.45, 7) is 5.38. The average molecular weight is 314 g/mol. The third kappa shape index (κ3) is 4.08. The third-order valence-electron chi connectivity index (χ3n) is 3.90. The summed E-state index contributed by atoms with van der Waals surface area (Å²) >= 11 is 0. The van der Waals surface area contributed by atoms with Gasteiger partial charge in [-0.15, -0.1) is 0 Å². The molecule has 1 saturated heterocycles. The molecule has 0 saturated carbocycles. The Labute approximate surface area is 136 Å². The van der Waals surface area contributed by atoms with Crippen molar-refractivity contribution in [3.63, 3.8) is 0 Å². The Morgan fingerprint density at radius 3 is 2.43 bits per heavy atom. The van der Waals surface area contributed by atoms with Crippen molar-refractivity contribution < 1.29 is 9.59 Å². The van der Waals surface area contributed by atoms with Crippen LogP contribution in [0, 0.1) is 11.3 Å². The molecule has 0 aromatic heterocycles. The summed E-state index contributed by atoms with van der Waals surface area (Å²) in [4.78, 5) is 27.3. The topological polar surface area (TPSA) is 76.4 Å². The van der Waals surface area contributed by atoms with E-state index >= 15 is 0 Å². The molecule has 1 aliphatic heterocycles. The van der Waals surface area contributed by atoms with E-state index in [2.05, 4.69) is 16.3 Å². The summed E-state index contributed by atoms with van der Waals surface area (Å²) < 4.78 is 0. The van der Waals surface area contributed by atoms with E-state index in [9.17, 15) is 9.59 Å². The molecule has 2 rings (SSSR count). The number of carbonyl (C=O) groups is 2. The number of hydrogen-bond donors (Lipinski definition) is 1. The van der Waals surface area contributed by atoms with Gasteiger partial charge in [0.25, 0.3) is 5.91 Å². The fourth-order valence-corrected chi connectivity index (χ4v) is 2.60. The average Bonchev–Trinajstić information content (AvgIpc) is 2.69. The fraction of sp³-hybridized carbons (Fsp3) is 0.471. The van der Waals surface area contributed by atoms with E-state index in [0.717, 1.165) is 25.1 Å². The first-order valence-corrected chi connectivity index (χ1v) is 7.65. The minimum absolute atomic E-state index is 0.169. The highest BCUT2D eigenvalue weighted by molar-refractivity contribution is 6.06. The third-order valence-corrected chi connectivity index (χ3v) is 3.90. The maximum atomic E-state index is 12.1. The van der Waals surface area contributed by atoms with Crippen molar-refractivity contribution in [3.8, 4) is 6.07 Å². The van der Waals surface area contributed by atoms with Crippen LogP contribution in [0.3, 0.4) is 0 Å². The predicted molar refractivity (Wildman–Crippen MR) is 86.4 cm³/mol. The first kappa shape index (κ1) is 17.0. The molecule has 0 aliphatic carbocycles. The van der Waals surface area contributed by atoms with Crippen LogP contribution in [-0.4, -0.2) is 47.4 Å². The van der Waals surface area contributed by atoms with E-state index in [1.54, 1.807) is 26.0 Å². The predicted octanol–water partition coefficient (Wildman–Crippen LogP) is 1.71.